The average Bonchev–Trinajstić information content (AvgIpc) is 2.77. The smallest absolute Gasteiger partial charge is 0.412 e. The number of carbonyl (C=O) groups is 2. The molecule has 1 unspecified atom stereocenters. The topological polar surface area (TPSA) is 89.0 Å². The quantitative estimate of drug-likeness (QED) is 0.299. The molecule has 1 aliphatic rings. The van der Waals surface area contributed by atoms with Crippen molar-refractivity contribution in [2.75, 3.05) is 10.6 Å². The van der Waals surface area contributed by atoms with Crippen molar-refractivity contribution >= 4 is 47.4 Å². The lowest BCUT2D eigenvalue weighted by Gasteiger charge is -2.23. The zero-order valence-electron chi connectivity index (χ0n) is 23.3. The minimum Gasteiger partial charge on any atom is -0.444 e. The van der Waals surface area contributed by atoms with Crippen molar-refractivity contribution < 1.29 is 19.1 Å². The van der Waals surface area contributed by atoms with Crippen LogP contribution in [0, 0.1) is 18.8 Å². The Balaban J connectivity index is 1.88. The third-order valence-electron chi connectivity index (χ3n) is 5.80. The van der Waals surface area contributed by atoms with Crippen LogP contribution in [0.3, 0.4) is 0 Å². The average molecular weight is 534 g/mol. The molecule has 3 aromatic carbocycles. The number of fused-ring (bicyclic) bond motifs is 2. The van der Waals surface area contributed by atoms with E-state index in [-0.39, 0.29) is 0 Å². The lowest BCUT2D eigenvalue weighted by Crippen LogP contribution is -2.28. The van der Waals surface area contributed by atoms with Crippen LogP contribution in [0.15, 0.2) is 59.6 Å². The molecule has 8 heteroatoms. The Kier molecular flexibility index (Phi) is 7.44. The van der Waals surface area contributed by atoms with Gasteiger partial charge < -0.3 is 9.47 Å². The van der Waals surface area contributed by atoms with Crippen LogP contribution >= 0.6 is 7.55 Å². The van der Waals surface area contributed by atoms with Gasteiger partial charge in [0.15, 0.2) is 0 Å². The van der Waals surface area contributed by atoms with E-state index in [0.717, 1.165) is 32.4 Å². The summed E-state index contributed by atoms with van der Waals surface area (Å²) in [6.07, 6.45) is -0.997. The van der Waals surface area contributed by atoms with E-state index in [1.807, 2.05) is 97.9 Å². The Morgan fingerprint density at radius 1 is 0.763 bits per heavy atom. The first-order chi connectivity index (χ1) is 17.7. The molecule has 0 radical (unpaired) electrons. The van der Waals surface area contributed by atoms with Gasteiger partial charge in [0.2, 0.25) is 0 Å². The molecular formula is C30H36N3O4P. The molecule has 2 N–H and O–H groups in total. The lowest BCUT2D eigenvalue weighted by molar-refractivity contribution is 0.0624. The maximum absolute atomic E-state index is 12.6. The molecule has 0 bridgehead atoms. The van der Waals surface area contributed by atoms with E-state index in [1.54, 1.807) is 0 Å². The van der Waals surface area contributed by atoms with Crippen molar-refractivity contribution in [1.29, 1.82) is 0 Å². The zero-order chi connectivity index (χ0) is 27.8. The highest BCUT2D eigenvalue weighted by Gasteiger charge is 2.22. The van der Waals surface area contributed by atoms with Crippen LogP contribution in [-0.4, -0.2) is 23.4 Å². The van der Waals surface area contributed by atoms with Gasteiger partial charge in [-0.2, -0.15) is 0 Å². The minimum atomic E-state index is -1.53. The van der Waals surface area contributed by atoms with Gasteiger partial charge in [0.1, 0.15) is 11.2 Å². The fraction of sp³-hybridized carbons (Fsp3) is 0.333. The van der Waals surface area contributed by atoms with Crippen LogP contribution in [0.4, 0.5) is 26.7 Å². The van der Waals surface area contributed by atoms with E-state index in [9.17, 15) is 9.59 Å². The predicted molar refractivity (Wildman–Crippen MR) is 156 cm³/mol. The fourth-order valence-corrected chi connectivity index (χ4v) is 7.04. The van der Waals surface area contributed by atoms with Crippen molar-refractivity contribution in [3.63, 3.8) is 0 Å². The van der Waals surface area contributed by atoms with Gasteiger partial charge in [-0.25, -0.2) is 14.6 Å². The van der Waals surface area contributed by atoms with Gasteiger partial charge in [-0.1, -0.05) is 37.9 Å². The zero-order valence-corrected chi connectivity index (χ0v) is 24.3. The van der Waals surface area contributed by atoms with E-state index < -0.39 is 30.9 Å². The molecule has 200 valence electrons. The number of ether oxygens (including phenoxy) is 2. The van der Waals surface area contributed by atoms with E-state index in [1.165, 1.54) is 5.30 Å². The molecule has 0 aliphatic carbocycles. The highest BCUT2D eigenvalue weighted by molar-refractivity contribution is 7.66. The first-order valence-electron chi connectivity index (χ1n) is 12.6. The predicted octanol–water partition coefficient (Wildman–Crippen LogP) is 6.38. The molecular weight excluding hydrogens is 497 g/mol. The van der Waals surface area contributed by atoms with Crippen molar-refractivity contribution in [2.45, 2.75) is 66.6 Å². The standard InChI is InChI=1S/C30H36N3O4P/c1-18-14-23-25(16-21(18)32-27(34)36-29(3,4)5)38(20-12-10-9-11-13-20)26-17-22(19(2)15-24(26)31-23)33-28(35)37-30(6,7)8/h9-17,38H,1-8H3,(H,32,34)(H,33,35). The molecule has 0 aromatic heterocycles. The minimum absolute atomic E-state index is 0.498. The first kappa shape index (κ1) is 27.5. The third kappa shape index (κ3) is 6.46. The van der Waals surface area contributed by atoms with Gasteiger partial charge in [-0.05, 0) is 96.1 Å². The number of anilines is 2. The number of carbonyl (C=O) groups excluding carboxylic acids is 2. The summed E-state index contributed by atoms with van der Waals surface area (Å²) < 4.78 is 11.0. The molecule has 1 heterocycles. The summed E-state index contributed by atoms with van der Waals surface area (Å²) in [6.45, 7) is 14.9. The second kappa shape index (κ2) is 10.3. The SMILES string of the molecule is Cc1cc2c(cc1NC(=O)OC(C)(C)C)[PH](c1ccccc1)=c1cc(NC(=O)OC(C)(C)C)c(C)cc1=N2. The normalized spacial score (nSPS) is 14.5. The molecule has 0 spiro atoms. The number of rotatable bonds is 3. The van der Waals surface area contributed by atoms with Crippen molar-refractivity contribution in [1.82, 2.24) is 0 Å². The molecule has 2 amide bonds. The van der Waals surface area contributed by atoms with Crippen LogP contribution in [0.25, 0.3) is 0 Å². The van der Waals surface area contributed by atoms with Gasteiger partial charge in [-0.15, -0.1) is 0 Å². The van der Waals surface area contributed by atoms with Gasteiger partial charge in [0.05, 0.1) is 11.0 Å². The highest BCUT2D eigenvalue weighted by Crippen LogP contribution is 2.36. The second-order valence-corrected chi connectivity index (χ2v) is 13.9. The Morgan fingerprint density at radius 3 is 1.84 bits per heavy atom. The number of aryl methyl sites for hydroxylation is 2. The summed E-state index contributed by atoms with van der Waals surface area (Å²) in [5.74, 6) is 0. The molecule has 0 fully saturated rings. The van der Waals surface area contributed by atoms with Gasteiger partial charge in [-0.3, -0.25) is 10.6 Å². The molecule has 3 aromatic rings. The number of amides is 2. The second-order valence-electron chi connectivity index (χ2n) is 11.5. The van der Waals surface area contributed by atoms with Crippen molar-refractivity contribution in [3.8, 4) is 0 Å². The van der Waals surface area contributed by atoms with E-state index in [0.29, 0.717) is 11.4 Å². The number of hydrogen-bond acceptors (Lipinski definition) is 5. The van der Waals surface area contributed by atoms with Crippen LogP contribution in [0.5, 0.6) is 0 Å². The number of nitrogens with zero attached hydrogens (tertiary/aromatic N) is 1. The van der Waals surface area contributed by atoms with Crippen LogP contribution < -0.4 is 26.6 Å². The van der Waals surface area contributed by atoms with Gasteiger partial charge in [0.25, 0.3) is 0 Å². The number of benzene rings is 3. The number of nitrogens with one attached hydrogen (secondary N) is 2. The molecule has 0 saturated heterocycles. The highest BCUT2D eigenvalue weighted by atomic mass is 31.1. The largest absolute Gasteiger partial charge is 0.444 e. The van der Waals surface area contributed by atoms with Gasteiger partial charge >= 0.3 is 12.2 Å². The summed E-state index contributed by atoms with van der Waals surface area (Å²) in [4.78, 5) is 31.2. The monoisotopic (exact) mass is 533 g/mol. The maximum Gasteiger partial charge on any atom is 0.412 e. The summed E-state index contributed by atoms with van der Waals surface area (Å²) in [5, 5.41) is 8.95. The molecule has 1 aliphatic heterocycles. The summed E-state index contributed by atoms with van der Waals surface area (Å²) in [6, 6.07) is 18.4. The van der Waals surface area contributed by atoms with Crippen LogP contribution in [-0.2, 0) is 9.47 Å². The first-order valence-corrected chi connectivity index (χ1v) is 14.1. The Bertz CT molecular complexity index is 1530. The Hall–Kier alpha value is -3.57. The molecule has 1 atom stereocenters. The van der Waals surface area contributed by atoms with E-state index in [4.69, 9.17) is 14.5 Å². The molecule has 0 saturated carbocycles. The summed E-state index contributed by atoms with van der Waals surface area (Å²) in [7, 11) is -1.53. The van der Waals surface area contributed by atoms with Crippen molar-refractivity contribution in [2.24, 2.45) is 4.99 Å². The number of hydrogen-bond donors (Lipinski definition) is 2. The fourth-order valence-electron chi connectivity index (χ4n) is 4.26. The lowest BCUT2D eigenvalue weighted by atomic mass is 10.1. The Morgan fingerprint density at radius 2 is 1.29 bits per heavy atom. The summed E-state index contributed by atoms with van der Waals surface area (Å²) in [5.41, 5.74) is 2.86. The molecule has 7 nitrogen and oxygen atoms in total. The van der Waals surface area contributed by atoms with Crippen LogP contribution in [0.1, 0.15) is 52.7 Å². The van der Waals surface area contributed by atoms with Crippen molar-refractivity contribution in [3.05, 3.63) is 76.0 Å². The Labute approximate surface area is 224 Å². The van der Waals surface area contributed by atoms with Gasteiger partial charge in [0, 0.05) is 21.6 Å². The van der Waals surface area contributed by atoms with Crippen LogP contribution in [0.2, 0.25) is 0 Å². The third-order valence-corrected chi connectivity index (χ3v) is 8.59. The van der Waals surface area contributed by atoms with E-state index in [2.05, 4.69) is 22.8 Å². The molecule has 38 heavy (non-hydrogen) atoms. The molecule has 4 rings (SSSR count). The van der Waals surface area contributed by atoms with E-state index >= 15 is 0 Å². The summed E-state index contributed by atoms with van der Waals surface area (Å²) >= 11 is 0. The maximum atomic E-state index is 12.6.